The van der Waals surface area contributed by atoms with Gasteiger partial charge in [-0.2, -0.15) is 0 Å². The number of nitrogen functional groups attached to an aromatic ring is 1. The number of pyridine rings is 1. The maximum absolute atomic E-state index is 10.8. The molecule has 0 aromatic carbocycles. The lowest BCUT2D eigenvalue weighted by Gasteiger charge is -2.07. The molecule has 0 saturated carbocycles. The molecule has 0 radical (unpaired) electrons. The molecule has 0 saturated heterocycles. The molecule has 0 unspecified atom stereocenters. The number of nitrogens with two attached hydrogens (primary N) is 1. The Morgan fingerprint density at radius 2 is 2.20 bits per heavy atom. The normalized spacial score (nSPS) is 10.2. The molecular formula is C11H15N7O2. The van der Waals surface area contributed by atoms with Crippen molar-refractivity contribution in [2.45, 2.75) is 13.0 Å². The van der Waals surface area contributed by atoms with Crippen LogP contribution in [0.25, 0.3) is 0 Å². The van der Waals surface area contributed by atoms with E-state index < -0.39 is 4.92 Å². The highest BCUT2D eigenvalue weighted by Gasteiger charge is 2.10. The summed E-state index contributed by atoms with van der Waals surface area (Å²) in [5.41, 5.74) is 2.24. The number of nitro groups is 1. The lowest BCUT2D eigenvalue weighted by molar-refractivity contribution is -0.384. The van der Waals surface area contributed by atoms with E-state index >= 15 is 0 Å². The summed E-state index contributed by atoms with van der Waals surface area (Å²) in [7, 11) is 0. The summed E-state index contributed by atoms with van der Waals surface area (Å²) in [6.07, 6.45) is 6.17. The molecule has 0 aliphatic heterocycles. The zero-order valence-corrected chi connectivity index (χ0v) is 10.7. The molecule has 0 fully saturated rings. The van der Waals surface area contributed by atoms with Crippen LogP contribution in [0, 0.1) is 10.1 Å². The van der Waals surface area contributed by atoms with Crippen molar-refractivity contribution in [2.75, 3.05) is 17.3 Å². The smallest absolute Gasteiger partial charge is 0.276 e. The van der Waals surface area contributed by atoms with Crippen molar-refractivity contribution in [2.24, 2.45) is 5.84 Å². The van der Waals surface area contributed by atoms with Gasteiger partial charge >= 0.3 is 0 Å². The van der Waals surface area contributed by atoms with E-state index in [-0.39, 0.29) is 11.5 Å². The summed E-state index contributed by atoms with van der Waals surface area (Å²) >= 11 is 0. The molecule has 0 aliphatic carbocycles. The Morgan fingerprint density at radius 3 is 2.85 bits per heavy atom. The molecule has 0 bridgehead atoms. The van der Waals surface area contributed by atoms with Crippen LogP contribution >= 0.6 is 0 Å². The Morgan fingerprint density at radius 1 is 1.40 bits per heavy atom. The SMILES string of the molecule is NNc1cc([N+](=O)[O-])cc(NCCCn2ccnc2)n1. The molecular weight excluding hydrogens is 262 g/mol. The fourth-order valence-corrected chi connectivity index (χ4v) is 1.68. The second-order valence-corrected chi connectivity index (χ2v) is 4.08. The van der Waals surface area contributed by atoms with Crippen LogP contribution in [0.5, 0.6) is 0 Å². The van der Waals surface area contributed by atoms with E-state index in [1.165, 1.54) is 12.1 Å². The second-order valence-electron chi connectivity index (χ2n) is 4.08. The molecule has 0 amide bonds. The Labute approximate surface area is 115 Å². The van der Waals surface area contributed by atoms with Crippen molar-refractivity contribution in [3.63, 3.8) is 0 Å². The molecule has 2 heterocycles. The van der Waals surface area contributed by atoms with Crippen molar-refractivity contribution in [1.82, 2.24) is 14.5 Å². The molecule has 0 aliphatic rings. The molecule has 0 atom stereocenters. The number of hydrogen-bond acceptors (Lipinski definition) is 7. The van der Waals surface area contributed by atoms with E-state index in [2.05, 4.69) is 20.7 Å². The number of hydrazine groups is 1. The van der Waals surface area contributed by atoms with Gasteiger partial charge in [0.15, 0.2) is 0 Å². The number of nitrogens with one attached hydrogen (secondary N) is 2. The fraction of sp³-hybridized carbons (Fsp3) is 0.273. The van der Waals surface area contributed by atoms with Gasteiger partial charge in [0, 0.05) is 25.5 Å². The first-order valence-corrected chi connectivity index (χ1v) is 6.02. The first-order chi connectivity index (χ1) is 9.69. The third-order valence-corrected chi connectivity index (χ3v) is 2.63. The second kappa shape index (κ2) is 6.48. The molecule has 106 valence electrons. The first kappa shape index (κ1) is 13.7. The predicted molar refractivity (Wildman–Crippen MR) is 74.0 cm³/mol. The number of anilines is 2. The Bertz CT molecular complexity index is 570. The number of imidazole rings is 1. The highest BCUT2D eigenvalue weighted by atomic mass is 16.6. The van der Waals surface area contributed by atoms with Gasteiger partial charge in [-0.05, 0) is 6.42 Å². The van der Waals surface area contributed by atoms with Crippen LogP contribution in [0.4, 0.5) is 17.3 Å². The number of hydrogen-bond donors (Lipinski definition) is 3. The molecule has 9 heteroatoms. The quantitative estimate of drug-likeness (QED) is 0.298. The fourth-order valence-electron chi connectivity index (χ4n) is 1.68. The minimum Gasteiger partial charge on any atom is -0.370 e. The van der Waals surface area contributed by atoms with E-state index in [0.717, 1.165) is 13.0 Å². The van der Waals surface area contributed by atoms with Gasteiger partial charge in [-0.25, -0.2) is 15.8 Å². The van der Waals surface area contributed by atoms with Crippen molar-refractivity contribution in [1.29, 1.82) is 0 Å². The Hall–Kier alpha value is -2.68. The summed E-state index contributed by atoms with van der Waals surface area (Å²) in [5.74, 6) is 5.89. The lowest BCUT2D eigenvalue weighted by Crippen LogP contribution is -2.12. The summed E-state index contributed by atoms with van der Waals surface area (Å²) in [6.45, 7) is 1.44. The van der Waals surface area contributed by atoms with E-state index in [4.69, 9.17) is 5.84 Å². The largest absolute Gasteiger partial charge is 0.370 e. The van der Waals surface area contributed by atoms with Gasteiger partial charge in [0.1, 0.15) is 11.6 Å². The van der Waals surface area contributed by atoms with Crippen molar-refractivity contribution < 1.29 is 4.92 Å². The molecule has 20 heavy (non-hydrogen) atoms. The van der Waals surface area contributed by atoms with Crippen LogP contribution in [0.1, 0.15) is 6.42 Å². The molecule has 9 nitrogen and oxygen atoms in total. The maximum Gasteiger partial charge on any atom is 0.276 e. The van der Waals surface area contributed by atoms with Gasteiger partial charge in [-0.3, -0.25) is 10.1 Å². The number of aromatic nitrogens is 3. The monoisotopic (exact) mass is 277 g/mol. The minimum absolute atomic E-state index is 0.0648. The zero-order valence-electron chi connectivity index (χ0n) is 10.7. The molecule has 2 rings (SSSR count). The van der Waals surface area contributed by atoms with Crippen LogP contribution < -0.4 is 16.6 Å². The topological polar surface area (TPSA) is 124 Å². The maximum atomic E-state index is 10.8. The third kappa shape index (κ3) is 3.65. The van der Waals surface area contributed by atoms with E-state index in [1.807, 2.05) is 10.8 Å². The van der Waals surface area contributed by atoms with Gasteiger partial charge in [-0.1, -0.05) is 0 Å². The van der Waals surface area contributed by atoms with E-state index in [1.54, 1.807) is 12.5 Å². The van der Waals surface area contributed by atoms with Gasteiger partial charge in [0.25, 0.3) is 5.69 Å². The van der Waals surface area contributed by atoms with Crippen LogP contribution in [-0.2, 0) is 6.54 Å². The summed E-state index contributed by atoms with van der Waals surface area (Å²) in [4.78, 5) is 18.3. The standard InChI is InChI=1S/C11H15N7O2/c12-16-11-7-9(18(19)20)6-10(15-11)14-2-1-4-17-5-3-13-8-17/h3,5-8H,1-2,4,12H2,(H2,14,15,16). The van der Waals surface area contributed by atoms with Gasteiger partial charge in [0.05, 0.1) is 23.4 Å². The molecule has 4 N–H and O–H groups in total. The van der Waals surface area contributed by atoms with Crippen molar-refractivity contribution in [3.05, 3.63) is 41.0 Å². The predicted octanol–water partition coefficient (Wildman–Crippen LogP) is 0.974. The molecule has 0 spiro atoms. The van der Waals surface area contributed by atoms with Crippen LogP contribution in [0.3, 0.4) is 0 Å². The van der Waals surface area contributed by atoms with E-state index in [0.29, 0.717) is 12.4 Å². The first-order valence-electron chi connectivity index (χ1n) is 6.02. The Balaban J connectivity index is 1.91. The average Bonchev–Trinajstić information content (AvgIpc) is 2.96. The number of rotatable bonds is 7. The molecule has 2 aromatic heterocycles. The lowest BCUT2D eigenvalue weighted by atomic mass is 10.3. The van der Waals surface area contributed by atoms with Crippen molar-refractivity contribution >= 4 is 17.3 Å². The minimum atomic E-state index is -0.487. The Kier molecular flexibility index (Phi) is 4.45. The van der Waals surface area contributed by atoms with Crippen LogP contribution in [0.15, 0.2) is 30.9 Å². The van der Waals surface area contributed by atoms with Crippen LogP contribution in [-0.4, -0.2) is 26.0 Å². The number of aryl methyl sites for hydroxylation is 1. The zero-order chi connectivity index (χ0) is 14.4. The van der Waals surface area contributed by atoms with Gasteiger partial charge in [-0.15, -0.1) is 0 Å². The molecule has 2 aromatic rings. The van der Waals surface area contributed by atoms with Crippen LogP contribution in [0.2, 0.25) is 0 Å². The average molecular weight is 277 g/mol. The van der Waals surface area contributed by atoms with Crippen molar-refractivity contribution in [3.8, 4) is 0 Å². The van der Waals surface area contributed by atoms with Gasteiger partial charge < -0.3 is 15.3 Å². The summed E-state index contributed by atoms with van der Waals surface area (Å²) in [6, 6.07) is 2.65. The van der Waals surface area contributed by atoms with Gasteiger partial charge in [0.2, 0.25) is 0 Å². The highest BCUT2D eigenvalue weighted by molar-refractivity contribution is 5.54. The highest BCUT2D eigenvalue weighted by Crippen LogP contribution is 2.19. The summed E-state index contributed by atoms with van der Waals surface area (Å²) < 4.78 is 1.95. The van der Waals surface area contributed by atoms with E-state index in [9.17, 15) is 10.1 Å². The summed E-state index contributed by atoms with van der Waals surface area (Å²) in [5, 5.41) is 13.8. The number of nitrogens with zero attached hydrogens (tertiary/aromatic N) is 4. The third-order valence-electron chi connectivity index (χ3n) is 2.63.